The second-order valence-electron chi connectivity index (χ2n) is 11.3. The van der Waals surface area contributed by atoms with Crippen LogP contribution in [0.15, 0.2) is 30.4 Å². The van der Waals surface area contributed by atoms with Gasteiger partial charge in [-0.15, -0.1) is 0 Å². The molecule has 2 heterocycles. The third-order valence-corrected chi connectivity index (χ3v) is 10.1. The Bertz CT molecular complexity index is 1170. The summed E-state index contributed by atoms with van der Waals surface area (Å²) in [5, 5.41) is 9.24. The normalized spacial score (nSPS) is 40.6. The van der Waals surface area contributed by atoms with Gasteiger partial charge < -0.3 is 9.88 Å². The number of hydrogen-bond acceptors (Lipinski definition) is 3. The number of carbonyl (C=O) groups excluding carboxylic acids is 1. The van der Waals surface area contributed by atoms with Crippen LogP contribution in [-0.4, -0.2) is 33.9 Å². The monoisotopic (exact) mass is 428 g/mol. The number of nitrogens with zero attached hydrogens (tertiary/aromatic N) is 3. The molecule has 0 saturated heterocycles. The first kappa shape index (κ1) is 20.0. The van der Waals surface area contributed by atoms with Gasteiger partial charge in [-0.1, -0.05) is 19.9 Å². The van der Waals surface area contributed by atoms with E-state index in [2.05, 4.69) is 31.0 Å². The second kappa shape index (κ2) is 6.70. The number of imidazole rings is 1. The third kappa shape index (κ3) is 2.56. The minimum Gasteiger partial charge on any atom is -0.342 e. The first-order valence-electron chi connectivity index (χ1n) is 12.2. The van der Waals surface area contributed by atoms with Gasteiger partial charge in [-0.2, -0.15) is 5.26 Å². The molecule has 6 rings (SSSR count). The summed E-state index contributed by atoms with van der Waals surface area (Å²) >= 11 is 0. The summed E-state index contributed by atoms with van der Waals surface area (Å²) in [7, 11) is 1.99. The first-order chi connectivity index (χ1) is 15.3. The number of fused-ring (bicyclic) bond motifs is 6. The highest BCUT2D eigenvalue weighted by Crippen LogP contribution is 2.67. The molecule has 3 saturated carbocycles. The Morgan fingerprint density at radius 2 is 2.00 bits per heavy atom. The van der Waals surface area contributed by atoms with Gasteiger partial charge in [-0.05, 0) is 86.0 Å². The summed E-state index contributed by atoms with van der Waals surface area (Å²) < 4.78 is 0. The Morgan fingerprint density at radius 3 is 2.81 bits per heavy atom. The largest absolute Gasteiger partial charge is 0.342 e. The maximum atomic E-state index is 12.3. The van der Waals surface area contributed by atoms with Crippen LogP contribution >= 0.6 is 0 Å². The Hall–Kier alpha value is -2.61. The van der Waals surface area contributed by atoms with Crippen LogP contribution in [0.5, 0.6) is 0 Å². The fraction of sp³-hybridized carbons (Fsp3) is 0.593. The minimum atomic E-state index is 0.0953. The van der Waals surface area contributed by atoms with E-state index in [1.165, 1.54) is 32.1 Å². The highest BCUT2D eigenvalue weighted by molar-refractivity contribution is 5.89. The number of nitriles is 1. The van der Waals surface area contributed by atoms with E-state index in [1.807, 2.05) is 36.2 Å². The summed E-state index contributed by atoms with van der Waals surface area (Å²) in [6.07, 6.45) is 11.3. The van der Waals surface area contributed by atoms with Gasteiger partial charge in [0.2, 0.25) is 5.91 Å². The summed E-state index contributed by atoms with van der Waals surface area (Å²) in [5.74, 6) is 3.81. The van der Waals surface area contributed by atoms with Gasteiger partial charge in [0.15, 0.2) is 0 Å². The fourth-order valence-corrected chi connectivity index (χ4v) is 8.45. The number of amides is 1. The van der Waals surface area contributed by atoms with Crippen molar-refractivity contribution in [2.45, 2.75) is 64.3 Å². The van der Waals surface area contributed by atoms with Crippen molar-refractivity contribution in [1.29, 1.82) is 5.26 Å². The quantitative estimate of drug-likeness (QED) is 0.682. The summed E-state index contributed by atoms with van der Waals surface area (Å²) in [6, 6.07) is 8.32. The number of likely N-dealkylation sites (N-methyl/N-ethyl adjacent to an activating group) is 1. The van der Waals surface area contributed by atoms with Gasteiger partial charge >= 0.3 is 0 Å². The number of benzene rings is 1. The van der Waals surface area contributed by atoms with Crippen molar-refractivity contribution in [3.05, 3.63) is 41.7 Å². The molecule has 166 valence electrons. The first-order valence-corrected chi connectivity index (χ1v) is 12.2. The van der Waals surface area contributed by atoms with Crippen LogP contribution in [0.2, 0.25) is 0 Å². The van der Waals surface area contributed by atoms with Crippen molar-refractivity contribution >= 4 is 16.9 Å². The Kier molecular flexibility index (Phi) is 4.19. The molecule has 0 radical (unpaired) electrons. The molecule has 32 heavy (non-hydrogen) atoms. The van der Waals surface area contributed by atoms with Gasteiger partial charge in [0.25, 0.3) is 0 Å². The van der Waals surface area contributed by atoms with E-state index in [9.17, 15) is 10.1 Å². The number of aromatic nitrogens is 2. The Labute approximate surface area is 189 Å². The highest BCUT2D eigenvalue weighted by Gasteiger charge is 2.60. The molecule has 1 aromatic heterocycles. The molecule has 2 unspecified atom stereocenters. The molecular weight excluding hydrogens is 396 g/mol. The van der Waals surface area contributed by atoms with Gasteiger partial charge in [-0.3, -0.25) is 4.79 Å². The van der Waals surface area contributed by atoms with E-state index in [1.54, 1.807) is 0 Å². The van der Waals surface area contributed by atoms with Gasteiger partial charge in [0, 0.05) is 24.4 Å². The van der Waals surface area contributed by atoms with Crippen LogP contribution < -0.4 is 0 Å². The summed E-state index contributed by atoms with van der Waals surface area (Å²) in [6.45, 7) is 4.93. The number of carbonyl (C=O) groups is 1. The fourth-order valence-electron chi connectivity index (χ4n) is 8.45. The standard InChI is InChI=1S/C27H32N4O/c1-26-12-10-19-17(5-9-23-27(19,2)13-11-24(32)31(23)3)18(26)6-7-20(26)25-29-21-8-4-16(15-28)14-22(21)30-25/h4,8,11,13-14,17-20,23H,5-7,9-10,12H2,1-3H3,(H,29,30)/t17?,18-,19?,20+,23+,26-,27+/m0/s1. The predicted molar refractivity (Wildman–Crippen MR) is 124 cm³/mol. The molecule has 3 aliphatic carbocycles. The van der Waals surface area contributed by atoms with Crippen LogP contribution in [-0.2, 0) is 4.79 Å². The molecule has 1 aromatic carbocycles. The lowest BCUT2D eigenvalue weighted by molar-refractivity contribution is -0.138. The number of nitrogens with one attached hydrogen (secondary N) is 1. The van der Waals surface area contributed by atoms with Gasteiger partial charge in [0.1, 0.15) is 5.82 Å². The number of hydrogen-bond donors (Lipinski definition) is 1. The molecule has 3 fully saturated rings. The van der Waals surface area contributed by atoms with Crippen molar-refractivity contribution in [1.82, 2.24) is 14.9 Å². The van der Waals surface area contributed by atoms with Crippen LogP contribution in [0, 0.1) is 39.9 Å². The lowest BCUT2D eigenvalue weighted by Gasteiger charge is -2.60. The average molecular weight is 429 g/mol. The van der Waals surface area contributed by atoms with Gasteiger partial charge in [0.05, 0.1) is 22.7 Å². The van der Waals surface area contributed by atoms with E-state index < -0.39 is 0 Å². The SMILES string of the molecule is CN1C(=O)C=C[C@]2(C)C3CC[C@]4(C)[C@@H](c5nc6ccc(C#N)cc6[nH]5)CC[C@H]4C3CC[C@@H]12. The maximum Gasteiger partial charge on any atom is 0.246 e. The number of H-pyrrole nitrogens is 1. The maximum absolute atomic E-state index is 12.3. The molecule has 0 spiro atoms. The summed E-state index contributed by atoms with van der Waals surface area (Å²) in [5.41, 5.74) is 2.98. The van der Waals surface area contributed by atoms with Gasteiger partial charge in [-0.25, -0.2) is 4.98 Å². The smallest absolute Gasteiger partial charge is 0.246 e. The van der Waals surface area contributed by atoms with E-state index in [0.29, 0.717) is 29.4 Å². The zero-order chi connectivity index (χ0) is 22.3. The molecule has 4 aliphatic rings. The van der Waals surface area contributed by atoms with Crippen molar-refractivity contribution < 1.29 is 4.79 Å². The van der Waals surface area contributed by atoms with Crippen LogP contribution in [0.3, 0.4) is 0 Å². The van der Waals surface area contributed by atoms with E-state index in [-0.39, 0.29) is 16.7 Å². The molecule has 7 atom stereocenters. The molecule has 0 bridgehead atoms. The second-order valence-corrected chi connectivity index (χ2v) is 11.3. The molecule has 5 heteroatoms. The molecular formula is C27H32N4O. The number of aromatic amines is 1. The molecule has 2 aromatic rings. The average Bonchev–Trinajstić information content (AvgIpc) is 3.36. The van der Waals surface area contributed by atoms with Crippen molar-refractivity contribution in [3.63, 3.8) is 0 Å². The van der Waals surface area contributed by atoms with E-state index in [4.69, 9.17) is 4.98 Å². The molecule has 5 nitrogen and oxygen atoms in total. The Morgan fingerprint density at radius 1 is 1.16 bits per heavy atom. The van der Waals surface area contributed by atoms with Crippen molar-refractivity contribution in [2.75, 3.05) is 7.05 Å². The van der Waals surface area contributed by atoms with E-state index >= 15 is 0 Å². The van der Waals surface area contributed by atoms with E-state index in [0.717, 1.165) is 29.2 Å². The van der Waals surface area contributed by atoms with Crippen LogP contribution in [0.1, 0.15) is 69.7 Å². The minimum absolute atomic E-state index is 0.0953. The predicted octanol–water partition coefficient (Wildman–Crippen LogP) is 5.16. The third-order valence-electron chi connectivity index (χ3n) is 10.1. The highest BCUT2D eigenvalue weighted by atomic mass is 16.2. The van der Waals surface area contributed by atoms with Crippen molar-refractivity contribution in [3.8, 4) is 6.07 Å². The molecule has 1 amide bonds. The lowest BCUT2D eigenvalue weighted by Crippen LogP contribution is -2.59. The van der Waals surface area contributed by atoms with Crippen LogP contribution in [0.25, 0.3) is 11.0 Å². The Balaban J connectivity index is 1.33. The van der Waals surface area contributed by atoms with Crippen LogP contribution in [0.4, 0.5) is 0 Å². The zero-order valence-corrected chi connectivity index (χ0v) is 19.3. The zero-order valence-electron chi connectivity index (χ0n) is 19.3. The topological polar surface area (TPSA) is 72.8 Å². The number of rotatable bonds is 1. The molecule has 1 N–H and O–H groups in total. The summed E-state index contributed by atoms with van der Waals surface area (Å²) in [4.78, 5) is 22.9. The van der Waals surface area contributed by atoms with Crippen molar-refractivity contribution in [2.24, 2.45) is 28.6 Å². The lowest BCUT2D eigenvalue weighted by atomic mass is 9.47. The molecule has 1 aliphatic heterocycles.